The molecule has 4 nitrogen and oxygen atoms in total. The number of aryl methyl sites for hydroxylation is 1. The first kappa shape index (κ1) is 15.1. The summed E-state index contributed by atoms with van der Waals surface area (Å²) in [6, 6.07) is -0.170. The molecule has 1 unspecified atom stereocenters. The average molecular weight is 270 g/mol. The quantitative estimate of drug-likeness (QED) is 0.854. The summed E-state index contributed by atoms with van der Waals surface area (Å²) in [6.45, 7) is 8.26. The second kappa shape index (κ2) is 5.80. The first-order valence-corrected chi connectivity index (χ1v) is 6.96. The molecule has 1 aromatic heterocycles. The molecule has 0 aromatic carbocycles. The maximum atomic E-state index is 11.7. The summed E-state index contributed by atoms with van der Waals surface area (Å²) in [5, 5.41) is 0.811. The zero-order valence-corrected chi connectivity index (χ0v) is 12.6. The SMILES string of the molecule is CCCc1nc(C(N)C(C)(C)C)sc1C(=O)OC. The zero-order valence-electron chi connectivity index (χ0n) is 11.7. The van der Waals surface area contributed by atoms with Crippen molar-refractivity contribution in [2.75, 3.05) is 7.11 Å². The molecule has 0 spiro atoms. The molecule has 1 rings (SSSR count). The van der Waals surface area contributed by atoms with Crippen LogP contribution in [0.4, 0.5) is 0 Å². The number of esters is 1. The molecule has 0 aliphatic rings. The van der Waals surface area contributed by atoms with Crippen LogP contribution in [0.5, 0.6) is 0 Å². The van der Waals surface area contributed by atoms with E-state index in [0.29, 0.717) is 4.88 Å². The first-order chi connectivity index (χ1) is 8.31. The van der Waals surface area contributed by atoms with Gasteiger partial charge in [0.15, 0.2) is 0 Å². The highest BCUT2D eigenvalue weighted by Gasteiger charge is 2.28. The maximum absolute atomic E-state index is 11.7. The van der Waals surface area contributed by atoms with Crippen molar-refractivity contribution in [2.45, 2.75) is 46.6 Å². The van der Waals surface area contributed by atoms with Crippen LogP contribution in [0.25, 0.3) is 0 Å². The molecule has 1 atom stereocenters. The normalized spacial score (nSPS) is 13.4. The predicted octanol–water partition coefficient (Wildman–Crippen LogP) is 2.93. The van der Waals surface area contributed by atoms with E-state index in [4.69, 9.17) is 10.5 Å². The second-order valence-corrected chi connectivity index (χ2v) is 6.44. The van der Waals surface area contributed by atoms with Crippen molar-refractivity contribution in [3.63, 3.8) is 0 Å². The maximum Gasteiger partial charge on any atom is 0.349 e. The molecule has 18 heavy (non-hydrogen) atoms. The van der Waals surface area contributed by atoms with Gasteiger partial charge in [0.1, 0.15) is 9.88 Å². The van der Waals surface area contributed by atoms with Gasteiger partial charge in [0.25, 0.3) is 0 Å². The van der Waals surface area contributed by atoms with E-state index in [1.54, 1.807) is 0 Å². The third kappa shape index (κ3) is 3.29. The van der Waals surface area contributed by atoms with E-state index in [0.717, 1.165) is 23.5 Å². The Balaban J connectivity index is 3.13. The number of nitrogens with two attached hydrogens (primary N) is 1. The van der Waals surface area contributed by atoms with Crippen molar-refractivity contribution >= 4 is 17.3 Å². The van der Waals surface area contributed by atoms with Crippen molar-refractivity contribution in [1.82, 2.24) is 4.98 Å². The Morgan fingerprint density at radius 3 is 2.56 bits per heavy atom. The number of methoxy groups -OCH3 is 1. The molecule has 0 radical (unpaired) electrons. The molecule has 1 heterocycles. The van der Waals surface area contributed by atoms with Gasteiger partial charge in [0.2, 0.25) is 0 Å². The molecule has 0 saturated carbocycles. The smallest absolute Gasteiger partial charge is 0.349 e. The topological polar surface area (TPSA) is 65.2 Å². The minimum atomic E-state index is -0.316. The number of rotatable bonds is 4. The van der Waals surface area contributed by atoms with E-state index in [9.17, 15) is 4.79 Å². The van der Waals surface area contributed by atoms with E-state index in [1.807, 2.05) is 0 Å². The molecular formula is C13H22N2O2S. The summed E-state index contributed by atoms with van der Waals surface area (Å²) in [7, 11) is 1.39. The summed E-state index contributed by atoms with van der Waals surface area (Å²) in [4.78, 5) is 16.8. The van der Waals surface area contributed by atoms with Crippen molar-refractivity contribution in [3.8, 4) is 0 Å². The van der Waals surface area contributed by atoms with E-state index in [-0.39, 0.29) is 17.4 Å². The minimum absolute atomic E-state index is 0.0747. The van der Waals surface area contributed by atoms with Crippen LogP contribution in [0.2, 0.25) is 0 Å². The van der Waals surface area contributed by atoms with E-state index < -0.39 is 0 Å². The summed E-state index contributed by atoms with van der Waals surface area (Å²) in [5.41, 5.74) is 6.92. The van der Waals surface area contributed by atoms with Gasteiger partial charge in [0.05, 0.1) is 18.8 Å². The monoisotopic (exact) mass is 270 g/mol. The summed E-state index contributed by atoms with van der Waals surface area (Å²) < 4.78 is 4.79. The number of ether oxygens (including phenoxy) is 1. The molecule has 5 heteroatoms. The lowest BCUT2D eigenvalue weighted by Gasteiger charge is -2.24. The van der Waals surface area contributed by atoms with Gasteiger partial charge in [-0.05, 0) is 11.8 Å². The highest BCUT2D eigenvalue weighted by Crippen LogP contribution is 2.34. The molecule has 0 saturated heterocycles. The lowest BCUT2D eigenvalue weighted by atomic mass is 9.88. The van der Waals surface area contributed by atoms with Crippen LogP contribution >= 0.6 is 11.3 Å². The van der Waals surface area contributed by atoms with Gasteiger partial charge in [0, 0.05) is 0 Å². The lowest BCUT2D eigenvalue weighted by Crippen LogP contribution is -2.26. The molecule has 0 bridgehead atoms. The number of hydrogen-bond donors (Lipinski definition) is 1. The van der Waals surface area contributed by atoms with Gasteiger partial charge in [-0.25, -0.2) is 9.78 Å². The molecule has 0 amide bonds. The van der Waals surface area contributed by atoms with Gasteiger partial charge < -0.3 is 10.5 Å². The Kier molecular flexibility index (Phi) is 4.87. The zero-order chi connectivity index (χ0) is 13.9. The Morgan fingerprint density at radius 2 is 2.11 bits per heavy atom. The third-order valence-electron chi connectivity index (χ3n) is 2.77. The summed E-state index contributed by atoms with van der Waals surface area (Å²) in [5.74, 6) is -0.316. The number of carbonyl (C=O) groups is 1. The van der Waals surface area contributed by atoms with Crippen LogP contribution in [0, 0.1) is 5.41 Å². The highest BCUT2D eigenvalue weighted by atomic mass is 32.1. The molecule has 2 N–H and O–H groups in total. The van der Waals surface area contributed by atoms with Crippen molar-refractivity contribution < 1.29 is 9.53 Å². The highest BCUT2D eigenvalue weighted by molar-refractivity contribution is 7.13. The number of hydrogen-bond acceptors (Lipinski definition) is 5. The average Bonchev–Trinajstić information content (AvgIpc) is 2.70. The van der Waals surface area contributed by atoms with E-state index >= 15 is 0 Å². The lowest BCUT2D eigenvalue weighted by molar-refractivity contribution is 0.0605. The van der Waals surface area contributed by atoms with Crippen LogP contribution in [0.15, 0.2) is 0 Å². The van der Waals surface area contributed by atoms with Gasteiger partial charge in [-0.3, -0.25) is 0 Å². The standard InChI is InChI=1S/C13H22N2O2S/c1-6-7-8-9(12(16)17-5)18-11(15-8)10(14)13(2,3)4/h10H,6-7,14H2,1-5H3. The summed E-state index contributed by atoms with van der Waals surface area (Å²) >= 11 is 1.36. The molecular weight excluding hydrogens is 248 g/mol. The second-order valence-electron chi connectivity index (χ2n) is 5.41. The Labute approximate surface area is 113 Å². The predicted molar refractivity (Wildman–Crippen MR) is 73.8 cm³/mol. The molecule has 0 aliphatic heterocycles. The van der Waals surface area contributed by atoms with Gasteiger partial charge in [-0.1, -0.05) is 34.1 Å². The van der Waals surface area contributed by atoms with Crippen molar-refractivity contribution in [2.24, 2.45) is 11.1 Å². The van der Waals surface area contributed by atoms with Gasteiger partial charge in [-0.2, -0.15) is 0 Å². The Bertz CT molecular complexity index is 421. The van der Waals surface area contributed by atoms with Gasteiger partial charge in [-0.15, -0.1) is 11.3 Å². The molecule has 102 valence electrons. The van der Waals surface area contributed by atoms with Crippen LogP contribution in [0.3, 0.4) is 0 Å². The largest absolute Gasteiger partial charge is 0.465 e. The van der Waals surface area contributed by atoms with Gasteiger partial charge >= 0.3 is 5.97 Å². The minimum Gasteiger partial charge on any atom is -0.465 e. The summed E-state index contributed by atoms with van der Waals surface area (Å²) in [6.07, 6.45) is 1.72. The Morgan fingerprint density at radius 1 is 1.50 bits per heavy atom. The molecule has 0 aliphatic carbocycles. The van der Waals surface area contributed by atoms with E-state index in [2.05, 4.69) is 32.7 Å². The van der Waals surface area contributed by atoms with E-state index in [1.165, 1.54) is 18.4 Å². The molecule has 0 fully saturated rings. The fourth-order valence-corrected chi connectivity index (χ4v) is 2.81. The Hall–Kier alpha value is -0.940. The fraction of sp³-hybridized carbons (Fsp3) is 0.692. The van der Waals surface area contributed by atoms with Crippen molar-refractivity contribution in [3.05, 3.63) is 15.6 Å². The van der Waals surface area contributed by atoms with Crippen LogP contribution in [0.1, 0.15) is 60.5 Å². The number of carbonyl (C=O) groups excluding carboxylic acids is 1. The van der Waals surface area contributed by atoms with Crippen LogP contribution in [-0.4, -0.2) is 18.1 Å². The number of nitrogens with zero attached hydrogens (tertiary/aromatic N) is 1. The van der Waals surface area contributed by atoms with Crippen molar-refractivity contribution in [1.29, 1.82) is 0 Å². The fourth-order valence-electron chi connectivity index (χ4n) is 1.53. The van der Waals surface area contributed by atoms with Crippen LogP contribution in [-0.2, 0) is 11.2 Å². The van der Waals surface area contributed by atoms with Crippen LogP contribution < -0.4 is 5.73 Å². The third-order valence-corrected chi connectivity index (χ3v) is 3.93. The number of thiazole rings is 1. The first-order valence-electron chi connectivity index (χ1n) is 6.14. The number of aromatic nitrogens is 1. The molecule has 1 aromatic rings.